The number of hydrogen-bond acceptors (Lipinski definition) is 6. The maximum Gasteiger partial charge on any atom is 0.239 e. The van der Waals surface area contributed by atoms with Gasteiger partial charge >= 0.3 is 0 Å². The van der Waals surface area contributed by atoms with Crippen LogP contribution in [-0.2, 0) is 32.2 Å². The summed E-state index contributed by atoms with van der Waals surface area (Å²) in [4.78, 5) is 16.7. The fourth-order valence-electron chi connectivity index (χ4n) is 3.86. The Morgan fingerprint density at radius 1 is 1.09 bits per heavy atom. The Balaban J connectivity index is 1.54. The summed E-state index contributed by atoms with van der Waals surface area (Å²) in [5.41, 5.74) is 7.81. The molecule has 7 nitrogen and oxygen atoms in total. The van der Waals surface area contributed by atoms with E-state index in [1.165, 1.54) is 17.7 Å². The minimum atomic E-state index is -3.93. The maximum absolute atomic E-state index is 13.2. The molecule has 1 aromatic heterocycles. The van der Waals surface area contributed by atoms with Gasteiger partial charge in [-0.3, -0.25) is 9.78 Å². The molecule has 3 rings (SSSR count). The summed E-state index contributed by atoms with van der Waals surface area (Å²) in [6.07, 6.45) is 7.06. The first-order valence-electron chi connectivity index (χ1n) is 11.2. The molecule has 0 unspecified atom stereocenters. The molecule has 0 radical (unpaired) electrons. The highest BCUT2D eigenvalue weighted by Gasteiger charge is 2.51. The number of carbonyl (C=O) groups excluding carboxylic acids is 1. The van der Waals surface area contributed by atoms with E-state index in [1.807, 2.05) is 6.20 Å². The average molecular weight is 461 g/mol. The Morgan fingerprint density at radius 2 is 1.81 bits per heavy atom. The van der Waals surface area contributed by atoms with Gasteiger partial charge in [0.1, 0.15) is 5.75 Å². The van der Waals surface area contributed by atoms with E-state index < -0.39 is 20.5 Å². The molecule has 1 fully saturated rings. The van der Waals surface area contributed by atoms with Gasteiger partial charge in [-0.1, -0.05) is 19.4 Å². The van der Waals surface area contributed by atoms with Crippen molar-refractivity contribution in [1.82, 2.24) is 4.98 Å². The maximum atomic E-state index is 13.2. The van der Waals surface area contributed by atoms with Gasteiger partial charge in [0.05, 0.1) is 11.5 Å². The summed E-state index contributed by atoms with van der Waals surface area (Å²) in [7, 11) is -3.93. The summed E-state index contributed by atoms with van der Waals surface area (Å²) in [5.74, 6) is -0.244. The summed E-state index contributed by atoms with van der Waals surface area (Å²) < 4.78 is 35.7. The number of benzene rings is 1. The molecule has 1 amide bonds. The van der Waals surface area contributed by atoms with Gasteiger partial charge in [0.15, 0.2) is 14.6 Å². The van der Waals surface area contributed by atoms with E-state index in [0.717, 1.165) is 37.8 Å². The number of aromatic nitrogens is 1. The third kappa shape index (κ3) is 5.48. The number of nitrogens with zero attached hydrogens (tertiary/aromatic N) is 1. The standard InChI is InChI=1S/C24H32N2O5S/c1-2-3-6-20-8-7-19(18-26-20)5-4-15-31-21-9-11-22(12-10-21)32(28,29)24(23(25)27)13-16-30-17-14-24/h7-12,18H,2-6,13-17H2,1H3,(H2,25,27). The number of ether oxygens (including phenoxy) is 2. The lowest BCUT2D eigenvalue weighted by Gasteiger charge is -2.33. The minimum Gasteiger partial charge on any atom is -0.494 e. The molecule has 0 bridgehead atoms. The van der Waals surface area contributed by atoms with Gasteiger partial charge < -0.3 is 15.2 Å². The summed E-state index contributed by atoms with van der Waals surface area (Å²) in [6.45, 7) is 3.07. The quantitative estimate of drug-likeness (QED) is 0.516. The molecule has 8 heteroatoms. The third-order valence-electron chi connectivity index (χ3n) is 5.95. The zero-order chi connectivity index (χ0) is 23.0. The van der Waals surface area contributed by atoms with Crippen LogP contribution in [0.25, 0.3) is 0 Å². The number of unbranched alkanes of at least 4 members (excludes halogenated alkanes) is 1. The van der Waals surface area contributed by atoms with E-state index in [-0.39, 0.29) is 31.0 Å². The van der Waals surface area contributed by atoms with E-state index in [2.05, 4.69) is 24.0 Å². The van der Waals surface area contributed by atoms with Crippen molar-refractivity contribution in [2.45, 2.75) is 61.5 Å². The number of pyridine rings is 1. The number of carbonyl (C=O) groups is 1. The highest BCUT2D eigenvalue weighted by atomic mass is 32.2. The molecule has 2 N–H and O–H groups in total. The van der Waals surface area contributed by atoms with Crippen molar-refractivity contribution in [2.24, 2.45) is 5.73 Å². The Hall–Kier alpha value is -2.45. The van der Waals surface area contributed by atoms with E-state index >= 15 is 0 Å². The molecular formula is C24H32N2O5S. The van der Waals surface area contributed by atoms with Crippen molar-refractivity contribution in [3.8, 4) is 5.75 Å². The van der Waals surface area contributed by atoms with Crippen LogP contribution in [0.4, 0.5) is 0 Å². The van der Waals surface area contributed by atoms with Crippen molar-refractivity contribution in [3.63, 3.8) is 0 Å². The first-order chi connectivity index (χ1) is 15.4. The summed E-state index contributed by atoms with van der Waals surface area (Å²) >= 11 is 0. The fraction of sp³-hybridized carbons (Fsp3) is 0.500. The molecule has 0 spiro atoms. The van der Waals surface area contributed by atoms with Crippen LogP contribution in [0.1, 0.15) is 50.3 Å². The van der Waals surface area contributed by atoms with E-state index in [0.29, 0.717) is 12.4 Å². The highest BCUT2D eigenvalue weighted by Crippen LogP contribution is 2.35. The zero-order valence-corrected chi connectivity index (χ0v) is 19.4. The number of rotatable bonds is 11. The van der Waals surface area contributed by atoms with Crippen LogP contribution in [-0.4, -0.2) is 43.9 Å². The SMILES string of the molecule is CCCCc1ccc(CCCOc2ccc(S(=O)(=O)C3(C(N)=O)CCOCC3)cc2)cn1. The van der Waals surface area contributed by atoms with Crippen molar-refractivity contribution < 1.29 is 22.7 Å². The first-order valence-corrected chi connectivity index (χ1v) is 12.7. The molecule has 2 heterocycles. The molecule has 2 aromatic rings. The number of aryl methyl sites for hydroxylation is 2. The van der Waals surface area contributed by atoms with Gasteiger partial charge in [0.2, 0.25) is 5.91 Å². The third-order valence-corrected chi connectivity index (χ3v) is 8.48. The monoisotopic (exact) mass is 460 g/mol. The topological polar surface area (TPSA) is 109 Å². The Labute approximate surface area is 190 Å². The van der Waals surface area contributed by atoms with Gasteiger partial charge in [0.25, 0.3) is 0 Å². The number of nitrogens with two attached hydrogens (primary N) is 1. The number of hydrogen-bond donors (Lipinski definition) is 1. The highest BCUT2D eigenvalue weighted by molar-refractivity contribution is 7.93. The van der Waals surface area contributed by atoms with Crippen LogP contribution < -0.4 is 10.5 Å². The normalized spacial score (nSPS) is 15.9. The second-order valence-electron chi connectivity index (χ2n) is 8.16. The van der Waals surface area contributed by atoms with E-state index in [9.17, 15) is 13.2 Å². The molecule has 1 aromatic carbocycles. The molecule has 0 saturated carbocycles. The van der Waals surface area contributed by atoms with Crippen LogP contribution in [0.2, 0.25) is 0 Å². The lowest BCUT2D eigenvalue weighted by molar-refractivity contribution is -0.122. The van der Waals surface area contributed by atoms with Crippen LogP contribution in [0.3, 0.4) is 0 Å². The molecule has 0 aliphatic carbocycles. The second-order valence-corrected chi connectivity index (χ2v) is 10.4. The van der Waals surface area contributed by atoms with Gasteiger partial charge in [0, 0.05) is 25.1 Å². The molecule has 1 saturated heterocycles. The number of primary amides is 1. The Kier molecular flexibility index (Phi) is 8.26. The van der Waals surface area contributed by atoms with Crippen molar-refractivity contribution >= 4 is 15.7 Å². The minimum absolute atomic E-state index is 0.0668. The van der Waals surface area contributed by atoms with Crippen molar-refractivity contribution in [2.75, 3.05) is 19.8 Å². The van der Waals surface area contributed by atoms with E-state index in [4.69, 9.17) is 15.2 Å². The first kappa shape index (κ1) is 24.2. The van der Waals surface area contributed by atoms with Crippen LogP contribution in [0, 0.1) is 0 Å². The Bertz CT molecular complexity index is 982. The molecule has 1 aliphatic rings. The van der Waals surface area contributed by atoms with Crippen molar-refractivity contribution in [3.05, 3.63) is 53.9 Å². The predicted molar refractivity (Wildman–Crippen MR) is 122 cm³/mol. The summed E-state index contributed by atoms with van der Waals surface area (Å²) in [5, 5.41) is 0. The molecule has 0 atom stereocenters. The number of sulfone groups is 1. The van der Waals surface area contributed by atoms with Crippen LogP contribution >= 0.6 is 0 Å². The Morgan fingerprint density at radius 3 is 2.41 bits per heavy atom. The smallest absolute Gasteiger partial charge is 0.239 e. The van der Waals surface area contributed by atoms with Crippen LogP contribution in [0.15, 0.2) is 47.5 Å². The predicted octanol–water partition coefficient (Wildman–Crippen LogP) is 3.24. The molecular weight excluding hydrogens is 428 g/mol. The van der Waals surface area contributed by atoms with Gasteiger partial charge in [-0.15, -0.1) is 0 Å². The number of amides is 1. The molecule has 32 heavy (non-hydrogen) atoms. The fourth-order valence-corrected chi connectivity index (χ4v) is 5.78. The van der Waals surface area contributed by atoms with E-state index in [1.54, 1.807) is 12.1 Å². The summed E-state index contributed by atoms with van der Waals surface area (Å²) in [6, 6.07) is 10.4. The van der Waals surface area contributed by atoms with Gasteiger partial charge in [-0.05, 0) is 74.4 Å². The lowest BCUT2D eigenvalue weighted by atomic mass is 9.98. The second kappa shape index (κ2) is 10.9. The van der Waals surface area contributed by atoms with Gasteiger partial charge in [-0.25, -0.2) is 8.42 Å². The molecule has 1 aliphatic heterocycles. The largest absolute Gasteiger partial charge is 0.494 e. The van der Waals surface area contributed by atoms with Crippen LogP contribution in [0.5, 0.6) is 5.75 Å². The average Bonchev–Trinajstić information content (AvgIpc) is 2.82. The molecule has 174 valence electrons. The van der Waals surface area contributed by atoms with Gasteiger partial charge in [-0.2, -0.15) is 0 Å². The lowest BCUT2D eigenvalue weighted by Crippen LogP contribution is -2.53. The zero-order valence-electron chi connectivity index (χ0n) is 18.6. The van der Waals surface area contributed by atoms with Crippen molar-refractivity contribution in [1.29, 1.82) is 0 Å².